The van der Waals surface area contributed by atoms with Crippen molar-refractivity contribution in [3.05, 3.63) is 6.33 Å². The van der Waals surface area contributed by atoms with Gasteiger partial charge in [-0.15, -0.1) is 0 Å². The number of methoxy groups -OCH3 is 1. The van der Waals surface area contributed by atoms with E-state index in [9.17, 15) is 4.79 Å². The third-order valence-corrected chi connectivity index (χ3v) is 2.66. The molecule has 2 aromatic heterocycles. The highest BCUT2D eigenvalue weighted by molar-refractivity contribution is 5.77. The van der Waals surface area contributed by atoms with Crippen molar-refractivity contribution in [3.8, 4) is 5.88 Å². The van der Waals surface area contributed by atoms with E-state index in [0.29, 0.717) is 17.6 Å². The number of anilines is 1. The fourth-order valence-corrected chi connectivity index (χ4v) is 1.77. The molecule has 120 valence electrons. The number of carbonyl (C=O) groups is 1. The number of hydrogen-bond acceptors (Lipinski definition) is 9. The van der Waals surface area contributed by atoms with E-state index in [1.165, 1.54) is 24.9 Å². The SMILES string of the molecule is COc1nc(N)nc2c1ncn2C(OCCCO)OC(C)=O. The minimum Gasteiger partial charge on any atom is -0.479 e. The average Bonchev–Trinajstić information content (AvgIpc) is 2.88. The van der Waals surface area contributed by atoms with E-state index in [0.717, 1.165) is 0 Å². The second-order valence-electron chi connectivity index (χ2n) is 4.28. The van der Waals surface area contributed by atoms with Gasteiger partial charge in [-0.05, 0) is 6.42 Å². The highest BCUT2D eigenvalue weighted by atomic mass is 16.7. The Labute approximate surface area is 125 Å². The van der Waals surface area contributed by atoms with Crippen LogP contribution < -0.4 is 10.5 Å². The Kier molecular flexibility index (Phi) is 5.07. The molecule has 2 rings (SSSR count). The first-order valence-corrected chi connectivity index (χ1v) is 6.50. The molecule has 10 nitrogen and oxygen atoms in total. The molecular weight excluding hydrogens is 294 g/mol. The summed E-state index contributed by atoms with van der Waals surface area (Å²) >= 11 is 0. The molecule has 0 aliphatic heterocycles. The number of rotatable bonds is 7. The fraction of sp³-hybridized carbons (Fsp3) is 0.500. The van der Waals surface area contributed by atoms with Crippen molar-refractivity contribution in [2.24, 2.45) is 0 Å². The van der Waals surface area contributed by atoms with Crippen molar-refractivity contribution in [3.63, 3.8) is 0 Å². The molecule has 0 bridgehead atoms. The van der Waals surface area contributed by atoms with Crippen molar-refractivity contribution in [1.29, 1.82) is 0 Å². The number of esters is 1. The molecule has 2 heterocycles. The lowest BCUT2D eigenvalue weighted by molar-refractivity contribution is -0.199. The normalized spacial score (nSPS) is 12.3. The number of nitrogens with two attached hydrogens (primary N) is 1. The van der Waals surface area contributed by atoms with Crippen molar-refractivity contribution >= 4 is 23.1 Å². The number of ether oxygens (including phenoxy) is 3. The number of aliphatic hydroxyl groups is 1. The van der Waals surface area contributed by atoms with Gasteiger partial charge in [0.1, 0.15) is 6.33 Å². The number of carbonyl (C=O) groups excluding carboxylic acids is 1. The van der Waals surface area contributed by atoms with Crippen molar-refractivity contribution in [2.75, 3.05) is 26.1 Å². The molecule has 0 fully saturated rings. The van der Waals surface area contributed by atoms with E-state index in [4.69, 9.17) is 25.1 Å². The van der Waals surface area contributed by atoms with Crippen LogP contribution >= 0.6 is 0 Å². The minimum absolute atomic E-state index is 0.0111. The standard InChI is InChI=1S/C12H17N5O5/c1-7(19)22-12(21-5-3-4-18)17-6-14-8-9(17)15-11(13)16-10(8)20-2/h6,12,18H,3-5H2,1-2H3,(H2,13,15,16). The van der Waals surface area contributed by atoms with E-state index in [2.05, 4.69) is 15.0 Å². The second kappa shape index (κ2) is 7.00. The van der Waals surface area contributed by atoms with Crippen molar-refractivity contribution in [1.82, 2.24) is 19.5 Å². The maximum absolute atomic E-state index is 11.2. The summed E-state index contributed by atoms with van der Waals surface area (Å²) in [6.07, 6.45) is 0.701. The lowest BCUT2D eigenvalue weighted by Gasteiger charge is -2.18. The Morgan fingerprint density at radius 3 is 2.91 bits per heavy atom. The summed E-state index contributed by atoms with van der Waals surface area (Å²) < 4.78 is 17.0. The van der Waals surface area contributed by atoms with Crippen LogP contribution in [0.5, 0.6) is 5.88 Å². The third-order valence-electron chi connectivity index (χ3n) is 2.66. The van der Waals surface area contributed by atoms with E-state index >= 15 is 0 Å². The monoisotopic (exact) mass is 311 g/mol. The van der Waals surface area contributed by atoms with Gasteiger partial charge >= 0.3 is 5.97 Å². The molecule has 2 aromatic rings. The first kappa shape index (κ1) is 15.9. The molecule has 0 amide bonds. The summed E-state index contributed by atoms with van der Waals surface area (Å²) in [6, 6.07) is 0. The van der Waals surface area contributed by atoms with Crippen LogP contribution in [0.1, 0.15) is 19.8 Å². The van der Waals surface area contributed by atoms with Crippen LogP contribution in [0.2, 0.25) is 0 Å². The zero-order valence-corrected chi connectivity index (χ0v) is 12.2. The molecule has 0 saturated heterocycles. The van der Waals surface area contributed by atoms with Gasteiger partial charge in [-0.3, -0.25) is 9.36 Å². The number of fused-ring (bicyclic) bond motifs is 1. The van der Waals surface area contributed by atoms with E-state index in [-0.39, 0.29) is 25.0 Å². The number of aromatic nitrogens is 4. The largest absolute Gasteiger partial charge is 0.479 e. The molecule has 0 spiro atoms. The van der Waals surface area contributed by atoms with Crippen molar-refractivity contribution in [2.45, 2.75) is 19.8 Å². The Morgan fingerprint density at radius 2 is 2.27 bits per heavy atom. The molecule has 0 saturated carbocycles. The first-order valence-electron chi connectivity index (χ1n) is 6.50. The molecule has 0 radical (unpaired) electrons. The van der Waals surface area contributed by atoms with E-state index in [1.54, 1.807) is 0 Å². The van der Waals surface area contributed by atoms with Crippen LogP contribution in [0.15, 0.2) is 6.33 Å². The van der Waals surface area contributed by atoms with Crippen LogP contribution in [-0.4, -0.2) is 50.9 Å². The Balaban J connectivity index is 2.39. The fourth-order valence-electron chi connectivity index (χ4n) is 1.77. The summed E-state index contributed by atoms with van der Waals surface area (Å²) in [5.74, 6) is -0.342. The number of nitrogen functional groups attached to an aromatic ring is 1. The maximum atomic E-state index is 11.2. The molecular formula is C12H17N5O5. The van der Waals surface area contributed by atoms with Crippen LogP contribution in [0, 0.1) is 0 Å². The van der Waals surface area contributed by atoms with Crippen LogP contribution in [-0.2, 0) is 14.3 Å². The first-order chi connectivity index (χ1) is 10.6. The molecule has 22 heavy (non-hydrogen) atoms. The third kappa shape index (κ3) is 3.40. The maximum Gasteiger partial charge on any atom is 0.306 e. The zero-order valence-electron chi connectivity index (χ0n) is 12.2. The van der Waals surface area contributed by atoms with Crippen molar-refractivity contribution < 1.29 is 24.1 Å². The lowest BCUT2D eigenvalue weighted by Crippen LogP contribution is -2.20. The summed E-state index contributed by atoms with van der Waals surface area (Å²) in [5.41, 5.74) is 6.29. The predicted molar refractivity (Wildman–Crippen MR) is 74.7 cm³/mol. The number of hydrogen-bond donors (Lipinski definition) is 2. The summed E-state index contributed by atoms with van der Waals surface area (Å²) in [6.45, 7) is 1.40. The van der Waals surface area contributed by atoms with Gasteiger partial charge in [-0.2, -0.15) is 9.97 Å². The van der Waals surface area contributed by atoms with Gasteiger partial charge in [0.05, 0.1) is 13.7 Å². The quantitative estimate of drug-likeness (QED) is 0.406. The molecule has 1 atom stereocenters. The van der Waals surface area contributed by atoms with Gasteiger partial charge in [0, 0.05) is 13.5 Å². The summed E-state index contributed by atoms with van der Waals surface area (Å²) in [5, 5.41) is 8.81. The molecule has 1 unspecified atom stereocenters. The second-order valence-corrected chi connectivity index (χ2v) is 4.28. The lowest BCUT2D eigenvalue weighted by atomic mass is 10.5. The van der Waals surface area contributed by atoms with Crippen LogP contribution in [0.25, 0.3) is 11.2 Å². The number of nitrogens with zero attached hydrogens (tertiary/aromatic N) is 4. The van der Waals surface area contributed by atoms with Gasteiger partial charge in [0.25, 0.3) is 6.41 Å². The Morgan fingerprint density at radius 1 is 1.50 bits per heavy atom. The van der Waals surface area contributed by atoms with Gasteiger partial charge in [-0.25, -0.2) is 4.98 Å². The van der Waals surface area contributed by atoms with E-state index in [1.807, 2.05) is 0 Å². The number of aliphatic hydroxyl groups excluding tert-OH is 1. The molecule has 0 aliphatic carbocycles. The highest BCUT2D eigenvalue weighted by Gasteiger charge is 2.21. The summed E-state index contributed by atoms with van der Waals surface area (Å²) in [7, 11) is 1.43. The smallest absolute Gasteiger partial charge is 0.306 e. The highest BCUT2D eigenvalue weighted by Crippen LogP contribution is 2.25. The molecule has 0 aromatic carbocycles. The van der Waals surface area contributed by atoms with Gasteiger partial charge in [-0.1, -0.05) is 0 Å². The molecule has 0 aliphatic rings. The molecule has 3 N–H and O–H groups in total. The van der Waals surface area contributed by atoms with Gasteiger partial charge in [0.15, 0.2) is 11.2 Å². The number of imidazole rings is 1. The van der Waals surface area contributed by atoms with Crippen LogP contribution in [0.3, 0.4) is 0 Å². The minimum atomic E-state index is -1.08. The predicted octanol–water partition coefficient (Wildman–Crippen LogP) is -0.165. The zero-order chi connectivity index (χ0) is 16.1. The Hall–Kier alpha value is -2.46. The Bertz CT molecular complexity index is 659. The topological polar surface area (TPSA) is 135 Å². The summed E-state index contributed by atoms with van der Waals surface area (Å²) in [4.78, 5) is 23.3. The van der Waals surface area contributed by atoms with Gasteiger partial charge in [0.2, 0.25) is 11.8 Å². The van der Waals surface area contributed by atoms with E-state index < -0.39 is 12.4 Å². The van der Waals surface area contributed by atoms with Crippen LogP contribution in [0.4, 0.5) is 5.95 Å². The average molecular weight is 311 g/mol. The molecule has 10 heteroatoms. The van der Waals surface area contributed by atoms with Gasteiger partial charge < -0.3 is 25.1 Å².